The summed E-state index contributed by atoms with van der Waals surface area (Å²) in [6, 6.07) is 6.07. The summed E-state index contributed by atoms with van der Waals surface area (Å²) in [5, 5.41) is 17.2. The Bertz CT molecular complexity index is 538. The normalized spacial score (nSPS) is 10.3. The summed E-state index contributed by atoms with van der Waals surface area (Å²) >= 11 is 0. The molecule has 9 heteroatoms. The number of nitrogens with two attached hydrogens (primary N) is 2. The van der Waals surface area contributed by atoms with E-state index in [2.05, 4.69) is 35.5 Å². The maximum absolute atomic E-state index is 12.1. The molecular weight excluding hydrogens is 362 g/mol. The molecule has 3 amide bonds. The molecule has 0 saturated carbocycles. The molecule has 1 unspecified atom stereocenters. The first-order valence-electron chi connectivity index (χ1n) is 9.24. The Morgan fingerprint density at radius 3 is 2.14 bits per heavy atom. The molecule has 1 aromatic rings. The number of likely N-dealkylation sites (N-methyl/N-ethyl adjacent to an activating group) is 1. The number of aliphatic hydroxyl groups is 1. The fraction of sp³-hybridized carbons (Fsp3) is 0.526. The van der Waals surface area contributed by atoms with Crippen LogP contribution < -0.4 is 27.4 Å². The molecule has 9 nitrogen and oxygen atoms in total. The van der Waals surface area contributed by atoms with Crippen molar-refractivity contribution in [3.8, 4) is 0 Å². The quantitative estimate of drug-likeness (QED) is 0.266. The number of carbonyl (C=O) groups is 3. The molecule has 0 aromatic heterocycles. The van der Waals surface area contributed by atoms with Crippen molar-refractivity contribution in [1.82, 2.24) is 10.6 Å². The van der Waals surface area contributed by atoms with Gasteiger partial charge in [0.1, 0.15) is 6.29 Å². The molecule has 0 bridgehead atoms. The highest BCUT2D eigenvalue weighted by molar-refractivity contribution is 5.94. The molecule has 0 aliphatic heterocycles. The molecule has 160 valence electrons. The van der Waals surface area contributed by atoms with E-state index in [4.69, 9.17) is 15.6 Å². The van der Waals surface area contributed by atoms with E-state index in [1.807, 2.05) is 0 Å². The first-order chi connectivity index (χ1) is 13.4. The van der Waals surface area contributed by atoms with Crippen LogP contribution in [0.15, 0.2) is 24.3 Å². The molecule has 1 aromatic carbocycles. The second kappa shape index (κ2) is 19.3. The van der Waals surface area contributed by atoms with Crippen LogP contribution in [0.25, 0.3) is 0 Å². The summed E-state index contributed by atoms with van der Waals surface area (Å²) in [6.45, 7) is 4.80. The summed E-state index contributed by atoms with van der Waals surface area (Å²) in [6.07, 6.45) is 3.13. The molecule has 0 radical (unpaired) electrons. The average molecular weight is 398 g/mol. The van der Waals surface area contributed by atoms with Crippen LogP contribution in [0.5, 0.6) is 0 Å². The van der Waals surface area contributed by atoms with Gasteiger partial charge in [-0.05, 0) is 37.6 Å². The Morgan fingerprint density at radius 2 is 1.75 bits per heavy atom. The number of anilines is 1. The third-order valence-electron chi connectivity index (χ3n) is 3.13. The van der Waals surface area contributed by atoms with Crippen molar-refractivity contribution < 1.29 is 19.5 Å². The fourth-order valence-corrected chi connectivity index (χ4v) is 1.85. The number of rotatable bonds is 9. The number of carbonyl (C=O) groups excluding carboxylic acids is 3. The molecule has 0 aliphatic rings. The summed E-state index contributed by atoms with van der Waals surface area (Å²) in [7, 11) is 1.71. The molecule has 1 atom stereocenters. The number of nitrogens with one attached hydrogen (secondary N) is 3. The van der Waals surface area contributed by atoms with E-state index in [1.165, 1.54) is 6.42 Å². The minimum Gasteiger partial charge on any atom is -0.392 e. The zero-order chi connectivity index (χ0) is 21.8. The summed E-state index contributed by atoms with van der Waals surface area (Å²) < 4.78 is 0. The Kier molecular flexibility index (Phi) is 19.1. The topological polar surface area (TPSA) is 160 Å². The second-order valence-corrected chi connectivity index (χ2v) is 5.73. The zero-order valence-corrected chi connectivity index (χ0v) is 17.0. The number of benzene rings is 1. The van der Waals surface area contributed by atoms with Crippen molar-refractivity contribution in [2.45, 2.75) is 45.8 Å². The Labute approximate surface area is 167 Å². The van der Waals surface area contributed by atoms with Crippen LogP contribution >= 0.6 is 0 Å². The minimum atomic E-state index is -0.565. The monoisotopic (exact) mass is 397 g/mol. The van der Waals surface area contributed by atoms with Crippen molar-refractivity contribution in [1.29, 1.82) is 0 Å². The zero-order valence-electron chi connectivity index (χ0n) is 17.0. The van der Waals surface area contributed by atoms with Gasteiger partial charge in [0, 0.05) is 18.8 Å². The standard InChI is InChI=1S/C14H22N4O3.C3H8.C2H5NO/c1-16-12(3-2-8-17-14(15)21)13(20)18-11-6-4-10(9-19)5-7-11;1-3-2;3-1-2-4/h4-7,12,16,19H,2-3,8-9H2,1H3,(H,18,20)(H3,15,17,21);3H2,1-2H3;2H,1,3H2. The van der Waals surface area contributed by atoms with E-state index in [1.54, 1.807) is 31.3 Å². The van der Waals surface area contributed by atoms with Gasteiger partial charge in [-0.15, -0.1) is 0 Å². The molecule has 1 rings (SSSR count). The Balaban J connectivity index is 0. The van der Waals surface area contributed by atoms with E-state index in [0.29, 0.717) is 31.4 Å². The number of aliphatic hydroxyl groups excluding tert-OH is 1. The van der Waals surface area contributed by atoms with Crippen molar-refractivity contribution >= 4 is 23.9 Å². The minimum absolute atomic E-state index is 0.0275. The first-order valence-corrected chi connectivity index (χ1v) is 9.24. The summed E-state index contributed by atoms with van der Waals surface area (Å²) in [4.78, 5) is 31.7. The maximum atomic E-state index is 12.1. The Morgan fingerprint density at radius 1 is 1.21 bits per heavy atom. The highest BCUT2D eigenvalue weighted by Gasteiger charge is 2.15. The fourth-order valence-electron chi connectivity index (χ4n) is 1.85. The van der Waals surface area contributed by atoms with Gasteiger partial charge in [0.05, 0.1) is 12.6 Å². The lowest BCUT2D eigenvalue weighted by Gasteiger charge is -2.16. The molecule has 0 spiro atoms. The maximum Gasteiger partial charge on any atom is 0.312 e. The van der Waals surface area contributed by atoms with Gasteiger partial charge in [0.25, 0.3) is 0 Å². The highest BCUT2D eigenvalue weighted by atomic mass is 16.3. The summed E-state index contributed by atoms with van der Waals surface area (Å²) in [5.41, 5.74) is 11.1. The molecular formula is C19H35N5O4. The SMILES string of the molecule is CCC.CNC(CCCNC(N)=O)C(=O)Nc1ccc(CO)cc1.NCC=O. The van der Waals surface area contributed by atoms with Crippen molar-refractivity contribution in [2.75, 3.05) is 25.5 Å². The molecule has 0 saturated heterocycles. The molecule has 28 heavy (non-hydrogen) atoms. The number of hydrogen-bond donors (Lipinski definition) is 6. The third-order valence-corrected chi connectivity index (χ3v) is 3.13. The second-order valence-electron chi connectivity index (χ2n) is 5.73. The van der Waals surface area contributed by atoms with E-state index in [9.17, 15) is 9.59 Å². The lowest BCUT2D eigenvalue weighted by Crippen LogP contribution is -2.39. The average Bonchev–Trinajstić information content (AvgIpc) is 2.69. The number of hydrogen-bond acceptors (Lipinski definition) is 6. The molecule has 8 N–H and O–H groups in total. The van der Waals surface area contributed by atoms with Crippen LogP contribution in [0.4, 0.5) is 10.5 Å². The largest absolute Gasteiger partial charge is 0.392 e. The first kappa shape index (κ1) is 27.7. The van der Waals surface area contributed by atoms with Crippen molar-refractivity contribution in [3.05, 3.63) is 29.8 Å². The van der Waals surface area contributed by atoms with Gasteiger partial charge < -0.3 is 37.3 Å². The lowest BCUT2D eigenvalue weighted by atomic mass is 10.1. The lowest BCUT2D eigenvalue weighted by molar-refractivity contribution is -0.118. The van der Waals surface area contributed by atoms with Gasteiger partial charge in [-0.3, -0.25) is 4.79 Å². The molecule has 0 fully saturated rings. The van der Waals surface area contributed by atoms with Crippen molar-refractivity contribution in [2.24, 2.45) is 11.5 Å². The van der Waals surface area contributed by atoms with Gasteiger partial charge in [-0.25, -0.2) is 4.79 Å². The smallest absolute Gasteiger partial charge is 0.312 e. The van der Waals surface area contributed by atoms with E-state index < -0.39 is 6.03 Å². The van der Waals surface area contributed by atoms with Gasteiger partial charge in [-0.1, -0.05) is 32.4 Å². The van der Waals surface area contributed by atoms with Crippen LogP contribution in [0.1, 0.15) is 38.7 Å². The predicted molar refractivity (Wildman–Crippen MR) is 112 cm³/mol. The van der Waals surface area contributed by atoms with Crippen LogP contribution in [0, 0.1) is 0 Å². The van der Waals surface area contributed by atoms with E-state index in [0.717, 1.165) is 5.56 Å². The predicted octanol–water partition coefficient (Wildman–Crippen LogP) is 0.714. The molecule has 0 aliphatic carbocycles. The van der Waals surface area contributed by atoms with Gasteiger partial charge in [0.15, 0.2) is 0 Å². The van der Waals surface area contributed by atoms with E-state index >= 15 is 0 Å². The van der Waals surface area contributed by atoms with Crippen LogP contribution in [-0.4, -0.2) is 49.5 Å². The number of aldehydes is 1. The van der Waals surface area contributed by atoms with Crippen molar-refractivity contribution in [3.63, 3.8) is 0 Å². The van der Waals surface area contributed by atoms with Gasteiger partial charge in [0.2, 0.25) is 5.91 Å². The van der Waals surface area contributed by atoms with Gasteiger partial charge >= 0.3 is 6.03 Å². The third kappa shape index (κ3) is 15.7. The van der Waals surface area contributed by atoms with Gasteiger partial charge in [-0.2, -0.15) is 0 Å². The number of urea groups is 1. The molecule has 0 heterocycles. The number of amides is 3. The van der Waals surface area contributed by atoms with Crippen LogP contribution in [0.3, 0.4) is 0 Å². The van der Waals surface area contributed by atoms with Crippen LogP contribution in [0.2, 0.25) is 0 Å². The van der Waals surface area contributed by atoms with Crippen LogP contribution in [-0.2, 0) is 16.2 Å². The highest BCUT2D eigenvalue weighted by Crippen LogP contribution is 2.10. The van der Waals surface area contributed by atoms with E-state index in [-0.39, 0.29) is 25.1 Å². The summed E-state index contributed by atoms with van der Waals surface area (Å²) in [5.74, 6) is -0.145. The Hall–Kier alpha value is -2.49. The number of primary amides is 1.